The van der Waals surface area contributed by atoms with Crippen LogP contribution in [0.1, 0.15) is 0 Å². The molecule has 0 N–H and O–H groups in total. The number of rotatable bonds is 4. The summed E-state index contributed by atoms with van der Waals surface area (Å²) >= 11 is 0. The van der Waals surface area contributed by atoms with Crippen molar-refractivity contribution < 1.29 is 4.42 Å². The summed E-state index contributed by atoms with van der Waals surface area (Å²) in [6.07, 6.45) is 0. The molecule has 0 aliphatic carbocycles. The smallest absolute Gasteiger partial charge is 0.135 e. The van der Waals surface area contributed by atoms with Gasteiger partial charge in [0.2, 0.25) is 0 Å². The van der Waals surface area contributed by atoms with Gasteiger partial charge in [0.15, 0.2) is 0 Å². The largest absolute Gasteiger partial charge is 0.456 e. The molecule has 45 heavy (non-hydrogen) atoms. The fraction of sp³-hybridized carbons (Fsp3) is 0. The monoisotopic (exact) mass is 572 g/mol. The lowest BCUT2D eigenvalue weighted by Crippen LogP contribution is -1.92. The summed E-state index contributed by atoms with van der Waals surface area (Å²) in [6, 6.07) is 61.1. The molecular formula is C44H28O. The Morgan fingerprint density at radius 2 is 0.733 bits per heavy atom. The summed E-state index contributed by atoms with van der Waals surface area (Å²) in [5, 5.41) is 7.31. The third-order valence-corrected chi connectivity index (χ3v) is 9.05. The van der Waals surface area contributed by atoms with E-state index in [1.807, 2.05) is 12.1 Å². The van der Waals surface area contributed by atoms with Crippen molar-refractivity contribution in [2.75, 3.05) is 0 Å². The minimum Gasteiger partial charge on any atom is -0.456 e. The molecule has 1 aromatic heterocycles. The molecule has 0 saturated carbocycles. The van der Waals surface area contributed by atoms with Crippen LogP contribution in [0.15, 0.2) is 174 Å². The highest BCUT2D eigenvalue weighted by atomic mass is 16.3. The molecule has 210 valence electrons. The molecule has 0 aliphatic rings. The van der Waals surface area contributed by atoms with Crippen LogP contribution in [-0.4, -0.2) is 0 Å². The first-order valence-electron chi connectivity index (χ1n) is 15.4. The zero-order valence-electron chi connectivity index (χ0n) is 24.6. The minimum atomic E-state index is 0.916. The summed E-state index contributed by atoms with van der Waals surface area (Å²) in [5.74, 6) is 0. The van der Waals surface area contributed by atoms with Gasteiger partial charge < -0.3 is 4.42 Å². The fourth-order valence-electron chi connectivity index (χ4n) is 6.98. The molecule has 9 rings (SSSR count). The third kappa shape index (κ3) is 4.24. The first-order chi connectivity index (χ1) is 22.3. The number of furan rings is 1. The van der Waals surface area contributed by atoms with Gasteiger partial charge in [0, 0.05) is 10.8 Å². The van der Waals surface area contributed by atoms with Crippen LogP contribution < -0.4 is 0 Å². The Kier molecular flexibility index (Phi) is 5.89. The van der Waals surface area contributed by atoms with E-state index in [1.165, 1.54) is 66.1 Å². The second-order valence-electron chi connectivity index (χ2n) is 11.7. The molecule has 0 bridgehead atoms. The van der Waals surface area contributed by atoms with Gasteiger partial charge in [-0.1, -0.05) is 140 Å². The van der Waals surface area contributed by atoms with Crippen LogP contribution in [-0.2, 0) is 0 Å². The molecule has 0 spiro atoms. The topological polar surface area (TPSA) is 13.1 Å². The molecule has 1 heterocycles. The average Bonchev–Trinajstić information content (AvgIpc) is 3.49. The van der Waals surface area contributed by atoms with Crippen LogP contribution in [0.3, 0.4) is 0 Å². The summed E-state index contributed by atoms with van der Waals surface area (Å²) in [4.78, 5) is 0. The predicted molar refractivity (Wildman–Crippen MR) is 190 cm³/mol. The van der Waals surface area contributed by atoms with E-state index in [1.54, 1.807) is 0 Å². The molecule has 1 heteroatoms. The predicted octanol–water partition coefficient (Wildman–Crippen LogP) is 12.6. The molecule has 1 nitrogen and oxygen atoms in total. The van der Waals surface area contributed by atoms with E-state index < -0.39 is 0 Å². The lowest BCUT2D eigenvalue weighted by molar-refractivity contribution is 0.669. The maximum Gasteiger partial charge on any atom is 0.135 e. The second kappa shape index (κ2) is 10.4. The molecular weight excluding hydrogens is 544 g/mol. The van der Waals surface area contributed by atoms with Gasteiger partial charge in [-0.25, -0.2) is 0 Å². The van der Waals surface area contributed by atoms with Crippen molar-refractivity contribution in [2.45, 2.75) is 0 Å². The number of para-hydroxylation sites is 1. The van der Waals surface area contributed by atoms with Crippen LogP contribution in [0.25, 0.3) is 88.0 Å². The van der Waals surface area contributed by atoms with Crippen molar-refractivity contribution in [3.05, 3.63) is 170 Å². The molecule has 8 aromatic carbocycles. The first-order valence-corrected chi connectivity index (χ1v) is 15.4. The number of benzene rings is 8. The Hall–Kier alpha value is -5.92. The highest BCUT2D eigenvalue weighted by Crippen LogP contribution is 2.45. The van der Waals surface area contributed by atoms with E-state index in [-0.39, 0.29) is 0 Å². The summed E-state index contributed by atoms with van der Waals surface area (Å²) in [6.45, 7) is 0. The third-order valence-electron chi connectivity index (χ3n) is 9.05. The quantitative estimate of drug-likeness (QED) is 0.191. The van der Waals surface area contributed by atoms with E-state index in [0.717, 1.165) is 21.9 Å². The Labute approximate surface area is 261 Å². The Morgan fingerprint density at radius 1 is 0.244 bits per heavy atom. The van der Waals surface area contributed by atoms with Crippen LogP contribution in [0.4, 0.5) is 0 Å². The zero-order chi connectivity index (χ0) is 29.7. The van der Waals surface area contributed by atoms with Crippen molar-refractivity contribution in [3.63, 3.8) is 0 Å². The van der Waals surface area contributed by atoms with Crippen molar-refractivity contribution in [1.82, 2.24) is 0 Å². The number of hydrogen-bond donors (Lipinski definition) is 0. The van der Waals surface area contributed by atoms with E-state index in [2.05, 4.69) is 158 Å². The van der Waals surface area contributed by atoms with E-state index >= 15 is 0 Å². The van der Waals surface area contributed by atoms with Gasteiger partial charge in [0.1, 0.15) is 11.2 Å². The number of hydrogen-bond acceptors (Lipinski definition) is 1. The Morgan fingerprint density at radius 3 is 1.51 bits per heavy atom. The molecule has 0 amide bonds. The fourth-order valence-corrected chi connectivity index (χ4v) is 6.98. The lowest BCUT2D eigenvalue weighted by atomic mass is 9.84. The standard InChI is InChI=1S/C44H28O/c1-3-12-29(13-4-1)32-22-24-38-40(28-32)43(30-14-5-2-6-15-30)36-19-7-8-20-37(36)44(38)34-17-11-16-31(26-34)33-23-25-42-39(27-33)35-18-9-10-21-41(35)45-42/h1-28H. The van der Waals surface area contributed by atoms with Crippen LogP contribution >= 0.6 is 0 Å². The van der Waals surface area contributed by atoms with Crippen molar-refractivity contribution in [2.24, 2.45) is 0 Å². The second-order valence-corrected chi connectivity index (χ2v) is 11.7. The van der Waals surface area contributed by atoms with Gasteiger partial charge in [-0.05, 0) is 96.4 Å². The molecule has 0 atom stereocenters. The van der Waals surface area contributed by atoms with Crippen LogP contribution in [0.5, 0.6) is 0 Å². The van der Waals surface area contributed by atoms with Crippen molar-refractivity contribution in [1.29, 1.82) is 0 Å². The van der Waals surface area contributed by atoms with Gasteiger partial charge in [-0.3, -0.25) is 0 Å². The SMILES string of the molecule is c1ccc(-c2ccc3c(-c4cccc(-c5ccc6oc7ccccc7c6c5)c4)c4ccccc4c(-c4ccccc4)c3c2)cc1. The lowest BCUT2D eigenvalue weighted by Gasteiger charge is -2.19. The number of fused-ring (bicyclic) bond motifs is 5. The first kappa shape index (κ1) is 25.6. The summed E-state index contributed by atoms with van der Waals surface area (Å²) < 4.78 is 6.12. The highest BCUT2D eigenvalue weighted by molar-refractivity contribution is 6.22. The molecule has 0 unspecified atom stereocenters. The Balaban J connectivity index is 1.31. The van der Waals surface area contributed by atoms with Gasteiger partial charge in [0.05, 0.1) is 0 Å². The van der Waals surface area contributed by atoms with Gasteiger partial charge in [-0.15, -0.1) is 0 Å². The van der Waals surface area contributed by atoms with Gasteiger partial charge >= 0.3 is 0 Å². The molecule has 9 aromatic rings. The summed E-state index contributed by atoms with van der Waals surface area (Å²) in [5.41, 5.74) is 11.6. The van der Waals surface area contributed by atoms with Crippen molar-refractivity contribution in [3.8, 4) is 44.5 Å². The maximum atomic E-state index is 6.12. The van der Waals surface area contributed by atoms with E-state index in [4.69, 9.17) is 4.42 Å². The minimum absolute atomic E-state index is 0.916. The van der Waals surface area contributed by atoms with E-state index in [9.17, 15) is 0 Å². The molecule has 0 saturated heterocycles. The van der Waals surface area contributed by atoms with E-state index in [0.29, 0.717) is 0 Å². The normalized spacial score (nSPS) is 11.6. The van der Waals surface area contributed by atoms with Crippen molar-refractivity contribution >= 4 is 43.5 Å². The molecule has 0 radical (unpaired) electrons. The zero-order valence-corrected chi connectivity index (χ0v) is 24.6. The van der Waals surface area contributed by atoms with Gasteiger partial charge in [-0.2, -0.15) is 0 Å². The molecule has 0 aliphatic heterocycles. The molecule has 0 fully saturated rings. The summed E-state index contributed by atoms with van der Waals surface area (Å²) in [7, 11) is 0. The van der Waals surface area contributed by atoms with Crippen LogP contribution in [0.2, 0.25) is 0 Å². The average molecular weight is 573 g/mol. The Bertz CT molecular complexity index is 2520. The van der Waals surface area contributed by atoms with Crippen LogP contribution in [0, 0.1) is 0 Å². The maximum absolute atomic E-state index is 6.12. The van der Waals surface area contributed by atoms with Gasteiger partial charge in [0.25, 0.3) is 0 Å². The highest BCUT2D eigenvalue weighted by Gasteiger charge is 2.18.